The summed E-state index contributed by atoms with van der Waals surface area (Å²) in [4.78, 5) is 32.2. The van der Waals surface area contributed by atoms with Crippen molar-refractivity contribution in [3.63, 3.8) is 0 Å². The Labute approximate surface area is 141 Å². The second-order valence-corrected chi connectivity index (χ2v) is 5.95. The van der Waals surface area contributed by atoms with Gasteiger partial charge in [0.1, 0.15) is 6.29 Å². The minimum absolute atomic E-state index is 0.267. The molecule has 0 heterocycles. The van der Waals surface area contributed by atoms with Crippen molar-refractivity contribution >= 4 is 29.3 Å². The summed E-state index contributed by atoms with van der Waals surface area (Å²) in [5.74, 6) is -1.12. The number of nitro benzene ring substituents is 2. The smallest absolute Gasteiger partial charge is 0.279 e. The van der Waals surface area contributed by atoms with Gasteiger partial charge in [0.25, 0.3) is 11.4 Å². The molecule has 2 aromatic rings. The Hall–Kier alpha value is -2.80. The number of nitrogens with zero attached hydrogens (tertiary/aromatic N) is 2. The van der Waals surface area contributed by atoms with Crippen molar-refractivity contribution in [3.05, 3.63) is 78.8 Å². The Morgan fingerprint density at radius 1 is 0.958 bits per heavy atom. The predicted molar refractivity (Wildman–Crippen MR) is 86.2 cm³/mol. The number of non-ortho nitro benzene ring substituents is 1. The van der Waals surface area contributed by atoms with Gasteiger partial charge < -0.3 is 4.79 Å². The third-order valence-corrected chi connectivity index (χ3v) is 4.62. The van der Waals surface area contributed by atoms with E-state index in [1.165, 1.54) is 12.1 Å². The quantitative estimate of drug-likeness (QED) is 0.464. The van der Waals surface area contributed by atoms with E-state index < -0.39 is 21.7 Å². The van der Waals surface area contributed by atoms with Crippen molar-refractivity contribution < 1.29 is 14.6 Å². The van der Waals surface area contributed by atoms with Crippen molar-refractivity contribution in [1.29, 1.82) is 0 Å². The minimum atomic E-state index is -0.688. The van der Waals surface area contributed by atoms with Crippen LogP contribution >= 0.6 is 11.6 Å². The normalized spacial score (nSPS) is 22.0. The fourth-order valence-corrected chi connectivity index (χ4v) is 3.40. The van der Waals surface area contributed by atoms with Crippen LogP contribution in [-0.4, -0.2) is 16.1 Å². The number of carbonyl (C=O) groups is 1. The summed E-state index contributed by atoms with van der Waals surface area (Å²) in [5, 5.41) is 22.6. The van der Waals surface area contributed by atoms with Crippen molar-refractivity contribution in [3.8, 4) is 0 Å². The van der Waals surface area contributed by atoms with Crippen LogP contribution in [0, 0.1) is 26.1 Å². The molecule has 0 radical (unpaired) electrons. The first kappa shape index (κ1) is 16.1. The van der Waals surface area contributed by atoms with E-state index in [1.807, 2.05) is 0 Å². The van der Waals surface area contributed by atoms with Crippen molar-refractivity contribution in [1.82, 2.24) is 0 Å². The van der Waals surface area contributed by atoms with Gasteiger partial charge in [0.05, 0.1) is 15.9 Å². The number of aldehydes is 1. The molecule has 0 amide bonds. The van der Waals surface area contributed by atoms with Crippen LogP contribution in [0.15, 0.2) is 42.5 Å². The second kappa shape index (κ2) is 6.01. The van der Waals surface area contributed by atoms with Gasteiger partial charge >= 0.3 is 0 Å². The highest BCUT2D eigenvalue weighted by Gasteiger charge is 2.54. The van der Waals surface area contributed by atoms with Gasteiger partial charge in [0, 0.05) is 34.4 Å². The fourth-order valence-electron chi connectivity index (χ4n) is 3.14. The van der Waals surface area contributed by atoms with E-state index in [2.05, 4.69) is 0 Å². The zero-order chi connectivity index (χ0) is 17.4. The number of halogens is 1. The highest BCUT2D eigenvalue weighted by Crippen LogP contribution is 2.62. The van der Waals surface area contributed by atoms with Gasteiger partial charge in [0.15, 0.2) is 0 Å². The Morgan fingerprint density at radius 3 is 2.21 bits per heavy atom. The molecule has 8 heteroatoms. The number of hydrogen-bond donors (Lipinski definition) is 0. The molecule has 0 aromatic heterocycles. The van der Waals surface area contributed by atoms with Gasteiger partial charge in [-0.3, -0.25) is 20.2 Å². The summed E-state index contributed by atoms with van der Waals surface area (Å²) >= 11 is 6.16. The average molecular weight is 347 g/mol. The highest BCUT2D eigenvalue weighted by molar-refractivity contribution is 6.31. The third kappa shape index (κ3) is 2.63. The van der Waals surface area contributed by atoms with E-state index in [-0.39, 0.29) is 17.3 Å². The summed E-state index contributed by atoms with van der Waals surface area (Å²) in [6.07, 6.45) is 0.754. The summed E-state index contributed by atoms with van der Waals surface area (Å²) in [6, 6.07) is 10.5. The Balaban J connectivity index is 2.06. The Kier molecular flexibility index (Phi) is 4.02. The van der Waals surface area contributed by atoms with Gasteiger partial charge in [-0.05, 0) is 17.7 Å². The van der Waals surface area contributed by atoms with E-state index in [9.17, 15) is 25.0 Å². The minimum Gasteiger partial charge on any atom is -0.303 e. The molecule has 0 spiro atoms. The lowest BCUT2D eigenvalue weighted by molar-refractivity contribution is -0.394. The average Bonchev–Trinajstić information content (AvgIpc) is 3.28. The van der Waals surface area contributed by atoms with E-state index in [1.54, 1.807) is 24.3 Å². The first-order valence-electron chi connectivity index (χ1n) is 7.08. The van der Waals surface area contributed by atoms with E-state index in [0.717, 1.165) is 17.9 Å². The van der Waals surface area contributed by atoms with Gasteiger partial charge in [-0.25, -0.2) is 0 Å². The van der Waals surface area contributed by atoms with Crippen molar-refractivity contribution in [2.45, 2.75) is 11.8 Å². The first-order valence-corrected chi connectivity index (χ1v) is 7.46. The molecule has 1 fully saturated rings. The lowest BCUT2D eigenvalue weighted by Gasteiger charge is -2.04. The molecule has 0 saturated heterocycles. The molecular formula is C16H11ClN2O5. The van der Waals surface area contributed by atoms with Crippen molar-refractivity contribution in [2.24, 2.45) is 5.92 Å². The lowest BCUT2D eigenvalue weighted by Crippen LogP contribution is -1.98. The van der Waals surface area contributed by atoms with Gasteiger partial charge in [-0.15, -0.1) is 0 Å². The second-order valence-electron chi connectivity index (χ2n) is 5.54. The molecule has 1 saturated carbocycles. The molecule has 3 atom stereocenters. The molecular weight excluding hydrogens is 336 g/mol. The fraction of sp³-hybridized carbons (Fsp3) is 0.188. The van der Waals surface area contributed by atoms with Gasteiger partial charge in [0.2, 0.25) is 0 Å². The monoisotopic (exact) mass is 346 g/mol. The van der Waals surface area contributed by atoms with Crippen LogP contribution in [0.25, 0.3) is 0 Å². The number of benzene rings is 2. The molecule has 122 valence electrons. The maximum atomic E-state index is 11.4. The van der Waals surface area contributed by atoms with Gasteiger partial charge in [-0.1, -0.05) is 29.8 Å². The Bertz CT molecular complexity index is 854. The molecule has 7 nitrogen and oxygen atoms in total. The van der Waals surface area contributed by atoms with Crippen LogP contribution < -0.4 is 0 Å². The Morgan fingerprint density at radius 2 is 1.62 bits per heavy atom. The number of nitro groups is 2. The molecule has 0 aliphatic heterocycles. The molecule has 24 heavy (non-hydrogen) atoms. The van der Waals surface area contributed by atoms with E-state index in [4.69, 9.17) is 11.6 Å². The zero-order valence-electron chi connectivity index (χ0n) is 12.2. The molecule has 3 rings (SSSR count). The predicted octanol–water partition coefficient (Wildman–Crippen LogP) is 3.85. The molecule has 0 N–H and O–H groups in total. The van der Waals surface area contributed by atoms with Crippen LogP contribution in [0.2, 0.25) is 5.02 Å². The largest absolute Gasteiger partial charge is 0.303 e. The first-order chi connectivity index (χ1) is 11.5. The summed E-state index contributed by atoms with van der Waals surface area (Å²) in [5.41, 5.74) is 0.347. The highest BCUT2D eigenvalue weighted by atomic mass is 35.5. The van der Waals surface area contributed by atoms with E-state index >= 15 is 0 Å². The maximum absolute atomic E-state index is 11.4. The van der Waals surface area contributed by atoms with Crippen LogP contribution in [0.3, 0.4) is 0 Å². The molecule has 0 bridgehead atoms. The summed E-state index contributed by atoms with van der Waals surface area (Å²) in [7, 11) is 0. The maximum Gasteiger partial charge on any atom is 0.279 e. The molecule has 1 aliphatic rings. The van der Waals surface area contributed by atoms with Gasteiger partial charge in [-0.2, -0.15) is 0 Å². The zero-order valence-corrected chi connectivity index (χ0v) is 12.9. The van der Waals surface area contributed by atoms with Crippen LogP contribution in [0.5, 0.6) is 0 Å². The van der Waals surface area contributed by atoms with Crippen molar-refractivity contribution in [2.75, 3.05) is 0 Å². The topological polar surface area (TPSA) is 103 Å². The summed E-state index contributed by atoms with van der Waals surface area (Å²) in [6.45, 7) is 0. The molecule has 0 unspecified atom stereocenters. The third-order valence-electron chi connectivity index (χ3n) is 4.28. The number of hydrogen-bond acceptors (Lipinski definition) is 5. The molecule has 2 aromatic carbocycles. The lowest BCUT2D eigenvalue weighted by atomic mass is 10.0. The summed E-state index contributed by atoms with van der Waals surface area (Å²) < 4.78 is 0. The van der Waals surface area contributed by atoms with Crippen LogP contribution in [-0.2, 0) is 4.79 Å². The van der Waals surface area contributed by atoms with Crippen LogP contribution in [0.4, 0.5) is 11.4 Å². The standard InChI is InChI=1S/C16H11ClN2O5/c17-13-4-2-1-3-10(13)15-12(8-20)16(15)11-6-5-9(18(21)22)7-14(11)19(23)24/h1-8,12,15-16H/t12-,15-,16+/m1/s1. The van der Waals surface area contributed by atoms with Crippen LogP contribution in [0.1, 0.15) is 23.0 Å². The number of carbonyl (C=O) groups excluding carboxylic acids is 1. The van der Waals surface area contributed by atoms with E-state index in [0.29, 0.717) is 10.6 Å². The SMILES string of the molecule is O=C[C@@H]1[C@@H](c2ccccc2Cl)[C@H]1c1ccc([N+](=O)[O-])cc1[N+](=O)[O-]. The molecule has 1 aliphatic carbocycles. The number of rotatable bonds is 5.